The molecule has 1 aromatic heterocycles. The first-order valence-electron chi connectivity index (χ1n) is 7.24. The van der Waals surface area contributed by atoms with Crippen LogP contribution in [0.3, 0.4) is 0 Å². The Morgan fingerprint density at radius 1 is 1.23 bits per heavy atom. The van der Waals surface area contributed by atoms with Gasteiger partial charge in [0, 0.05) is 5.75 Å². The standard InChI is InChI=1S/C16H12ClN3O4S2/c17-11-4-2-1-3-10(11)14(21)19-15(22)20-16-18-12-6-5-9(8-26(23)24)7-13(12)25-16/h1-7H,8H2,(H,23,24)(H2,18,19,20,21,22)/p-1. The van der Waals surface area contributed by atoms with Crippen LogP contribution in [-0.2, 0) is 16.8 Å². The highest BCUT2D eigenvalue weighted by Gasteiger charge is 2.14. The molecule has 0 aliphatic carbocycles. The van der Waals surface area contributed by atoms with Crippen molar-refractivity contribution >= 4 is 61.3 Å². The number of anilines is 1. The molecule has 0 aliphatic rings. The summed E-state index contributed by atoms with van der Waals surface area (Å²) >= 11 is 4.91. The maximum Gasteiger partial charge on any atom is 0.327 e. The SMILES string of the molecule is O=C(NC(=O)c1ccccc1Cl)Nc1nc2ccc(CS(=O)[O-])cc2s1. The molecule has 0 spiro atoms. The average Bonchev–Trinajstić information content (AvgIpc) is 2.95. The number of imide groups is 1. The normalized spacial score (nSPS) is 11.9. The van der Waals surface area contributed by atoms with Crippen LogP contribution in [0.4, 0.5) is 9.93 Å². The fourth-order valence-corrected chi connectivity index (χ4v) is 3.79. The zero-order chi connectivity index (χ0) is 18.7. The minimum atomic E-state index is -2.18. The number of urea groups is 1. The number of halogens is 1. The molecule has 1 heterocycles. The molecule has 0 saturated heterocycles. The summed E-state index contributed by atoms with van der Waals surface area (Å²) in [6.07, 6.45) is 0. The molecule has 0 fully saturated rings. The van der Waals surface area contributed by atoms with Crippen LogP contribution >= 0.6 is 22.9 Å². The Hall–Kier alpha value is -2.33. The Morgan fingerprint density at radius 2 is 2.00 bits per heavy atom. The summed E-state index contributed by atoms with van der Waals surface area (Å²) in [5.74, 6) is -0.724. The highest BCUT2D eigenvalue weighted by molar-refractivity contribution is 7.78. The lowest BCUT2D eigenvalue weighted by molar-refractivity contribution is 0.0967. The Bertz CT molecular complexity index is 1020. The number of hydrogen-bond acceptors (Lipinski definition) is 6. The summed E-state index contributed by atoms with van der Waals surface area (Å²) in [5, 5.41) is 5.18. The number of amides is 3. The maximum atomic E-state index is 12.1. The van der Waals surface area contributed by atoms with E-state index in [1.54, 1.807) is 36.4 Å². The van der Waals surface area contributed by atoms with Crippen LogP contribution in [0.1, 0.15) is 15.9 Å². The summed E-state index contributed by atoms with van der Waals surface area (Å²) in [4.78, 5) is 28.3. The molecule has 10 heteroatoms. The van der Waals surface area contributed by atoms with E-state index in [2.05, 4.69) is 15.6 Å². The van der Waals surface area contributed by atoms with E-state index in [-0.39, 0.29) is 21.5 Å². The first kappa shape index (κ1) is 18.5. The number of benzene rings is 2. The highest BCUT2D eigenvalue weighted by Crippen LogP contribution is 2.27. The highest BCUT2D eigenvalue weighted by atomic mass is 35.5. The van der Waals surface area contributed by atoms with Crippen LogP contribution in [-0.4, -0.2) is 25.7 Å². The average molecular weight is 409 g/mol. The van der Waals surface area contributed by atoms with Gasteiger partial charge < -0.3 is 4.55 Å². The van der Waals surface area contributed by atoms with Crippen molar-refractivity contribution in [2.45, 2.75) is 5.75 Å². The van der Waals surface area contributed by atoms with E-state index in [1.807, 2.05) is 0 Å². The monoisotopic (exact) mass is 408 g/mol. The molecule has 7 nitrogen and oxygen atoms in total. The molecule has 0 bridgehead atoms. The predicted octanol–water partition coefficient (Wildman–Crippen LogP) is 3.29. The van der Waals surface area contributed by atoms with Gasteiger partial charge in [-0.2, -0.15) is 0 Å². The summed E-state index contributed by atoms with van der Waals surface area (Å²) in [5.41, 5.74) is 1.42. The van der Waals surface area contributed by atoms with Gasteiger partial charge >= 0.3 is 6.03 Å². The number of carbonyl (C=O) groups excluding carboxylic acids is 2. The molecule has 3 amide bonds. The van der Waals surface area contributed by atoms with Gasteiger partial charge in [-0.25, -0.2) is 9.78 Å². The summed E-state index contributed by atoms with van der Waals surface area (Å²) in [6, 6.07) is 10.7. The van der Waals surface area contributed by atoms with E-state index in [0.717, 1.165) is 4.70 Å². The second-order valence-corrected chi connectivity index (χ2v) is 7.49. The largest absolute Gasteiger partial charge is 0.772 e. The second-order valence-electron chi connectivity index (χ2n) is 5.16. The van der Waals surface area contributed by atoms with Crippen molar-refractivity contribution < 1.29 is 18.4 Å². The van der Waals surface area contributed by atoms with Crippen LogP contribution in [0.5, 0.6) is 0 Å². The molecular weight excluding hydrogens is 398 g/mol. The molecule has 26 heavy (non-hydrogen) atoms. The number of carbonyl (C=O) groups is 2. The van der Waals surface area contributed by atoms with E-state index >= 15 is 0 Å². The second kappa shape index (κ2) is 7.92. The Morgan fingerprint density at radius 3 is 2.73 bits per heavy atom. The van der Waals surface area contributed by atoms with Gasteiger partial charge in [-0.15, -0.1) is 0 Å². The number of rotatable bonds is 4. The summed E-state index contributed by atoms with van der Waals surface area (Å²) in [7, 11) is 0. The topological polar surface area (TPSA) is 111 Å². The molecule has 134 valence electrons. The number of thiazole rings is 1. The van der Waals surface area contributed by atoms with E-state index in [0.29, 0.717) is 11.1 Å². The van der Waals surface area contributed by atoms with E-state index in [1.165, 1.54) is 17.4 Å². The first-order valence-corrected chi connectivity index (χ1v) is 9.68. The third kappa shape index (κ3) is 4.44. The van der Waals surface area contributed by atoms with Gasteiger partial charge in [-0.3, -0.25) is 19.6 Å². The fourth-order valence-electron chi connectivity index (χ4n) is 2.19. The van der Waals surface area contributed by atoms with Gasteiger partial charge in [-0.1, -0.05) is 52.2 Å². The van der Waals surface area contributed by atoms with Gasteiger partial charge in [0.05, 0.1) is 20.8 Å². The molecule has 0 radical (unpaired) electrons. The lowest BCUT2D eigenvalue weighted by atomic mass is 10.2. The van der Waals surface area contributed by atoms with Gasteiger partial charge in [0.25, 0.3) is 5.91 Å². The van der Waals surface area contributed by atoms with Crippen LogP contribution in [0.25, 0.3) is 10.2 Å². The lowest BCUT2D eigenvalue weighted by Crippen LogP contribution is -2.34. The van der Waals surface area contributed by atoms with Gasteiger partial charge in [-0.05, 0) is 29.8 Å². The van der Waals surface area contributed by atoms with Crippen molar-refractivity contribution in [3.8, 4) is 0 Å². The third-order valence-corrected chi connectivity index (χ3v) is 5.14. The predicted molar refractivity (Wildman–Crippen MR) is 100 cm³/mol. The molecule has 2 aromatic carbocycles. The van der Waals surface area contributed by atoms with Gasteiger partial charge in [0.2, 0.25) is 0 Å². The number of hydrogen-bond donors (Lipinski definition) is 2. The van der Waals surface area contributed by atoms with Crippen molar-refractivity contribution in [1.29, 1.82) is 0 Å². The molecule has 3 aromatic rings. The number of aromatic nitrogens is 1. The van der Waals surface area contributed by atoms with Crippen LogP contribution in [0, 0.1) is 0 Å². The Balaban J connectivity index is 1.70. The van der Waals surface area contributed by atoms with Crippen LogP contribution in [0.2, 0.25) is 5.02 Å². The molecule has 1 atom stereocenters. The molecule has 3 rings (SSSR count). The quantitative estimate of drug-likeness (QED) is 0.643. The van der Waals surface area contributed by atoms with Crippen molar-refractivity contribution in [1.82, 2.24) is 10.3 Å². The number of nitrogens with one attached hydrogen (secondary N) is 2. The zero-order valence-corrected chi connectivity index (χ0v) is 15.4. The minimum Gasteiger partial charge on any atom is -0.772 e. The van der Waals surface area contributed by atoms with Crippen LogP contribution < -0.4 is 10.6 Å². The summed E-state index contributed by atoms with van der Waals surface area (Å²) < 4.78 is 22.3. The van der Waals surface area contributed by atoms with Crippen molar-refractivity contribution in [2.24, 2.45) is 0 Å². The zero-order valence-electron chi connectivity index (χ0n) is 13.0. The smallest absolute Gasteiger partial charge is 0.327 e. The maximum absolute atomic E-state index is 12.1. The number of nitrogens with zero attached hydrogens (tertiary/aromatic N) is 1. The summed E-state index contributed by atoms with van der Waals surface area (Å²) in [6.45, 7) is 0. The molecular formula is C16H11ClN3O4S2-. The van der Waals surface area contributed by atoms with E-state index in [4.69, 9.17) is 11.6 Å². The number of fused-ring (bicyclic) bond motifs is 1. The molecule has 0 saturated carbocycles. The third-order valence-electron chi connectivity index (χ3n) is 3.30. The Kier molecular flexibility index (Phi) is 5.62. The van der Waals surface area contributed by atoms with E-state index in [9.17, 15) is 18.4 Å². The molecule has 1 unspecified atom stereocenters. The first-order chi connectivity index (χ1) is 12.4. The molecule has 2 N–H and O–H groups in total. The lowest BCUT2D eigenvalue weighted by Gasteiger charge is -2.05. The minimum absolute atomic E-state index is 0.0938. The fraction of sp³-hybridized carbons (Fsp3) is 0.0625. The van der Waals surface area contributed by atoms with Crippen molar-refractivity contribution in [2.75, 3.05) is 5.32 Å². The Labute approximate surface area is 159 Å². The van der Waals surface area contributed by atoms with E-state index < -0.39 is 23.0 Å². The van der Waals surface area contributed by atoms with Crippen LogP contribution in [0.15, 0.2) is 42.5 Å². The van der Waals surface area contributed by atoms with Gasteiger partial charge in [0.1, 0.15) is 0 Å². The molecule has 0 aliphatic heterocycles. The van der Waals surface area contributed by atoms with Crippen molar-refractivity contribution in [3.63, 3.8) is 0 Å². The van der Waals surface area contributed by atoms with Crippen molar-refractivity contribution in [3.05, 3.63) is 58.6 Å². The van der Waals surface area contributed by atoms with Gasteiger partial charge in [0.15, 0.2) is 5.13 Å².